The molecule has 7 heteroatoms. The Morgan fingerprint density at radius 2 is 1.53 bits per heavy atom. The second kappa shape index (κ2) is 10.5. The lowest BCUT2D eigenvalue weighted by Gasteiger charge is -2.24. The van der Waals surface area contributed by atoms with Gasteiger partial charge in [0.15, 0.2) is 0 Å². The van der Waals surface area contributed by atoms with Gasteiger partial charge in [0.2, 0.25) is 5.36 Å². The molecular weight excluding hydrogens is 496 g/mol. The molecule has 0 atom stereocenters. The fraction of sp³-hybridized carbons (Fsp3) is 0.387. The Morgan fingerprint density at radius 1 is 0.868 bits per heavy atom. The molecule has 0 saturated heterocycles. The summed E-state index contributed by atoms with van der Waals surface area (Å²) in [4.78, 5) is 2.15. The van der Waals surface area contributed by atoms with Crippen molar-refractivity contribution in [2.45, 2.75) is 58.8 Å². The first-order chi connectivity index (χ1) is 17.9. The third-order valence-corrected chi connectivity index (χ3v) is 8.23. The molecule has 1 N–H and O–H groups in total. The van der Waals surface area contributed by atoms with Gasteiger partial charge in [-0.1, -0.05) is 32.9 Å². The van der Waals surface area contributed by atoms with E-state index < -0.39 is 10.1 Å². The quantitative estimate of drug-likeness (QED) is 0.168. The van der Waals surface area contributed by atoms with Crippen molar-refractivity contribution in [1.29, 1.82) is 0 Å². The second-order valence-corrected chi connectivity index (χ2v) is 12.0. The summed E-state index contributed by atoms with van der Waals surface area (Å²) in [6, 6.07) is 17.5. The molecule has 1 aliphatic carbocycles. The van der Waals surface area contributed by atoms with Gasteiger partial charge in [0.05, 0.1) is 6.07 Å². The van der Waals surface area contributed by atoms with Crippen molar-refractivity contribution in [1.82, 2.24) is 4.58 Å². The lowest BCUT2D eigenvalue weighted by atomic mass is 9.85. The molecule has 1 aliphatic heterocycles. The number of hydrogen-bond donors (Lipinski definition) is 1. The first-order valence-corrected chi connectivity index (χ1v) is 14.8. The number of fused-ring (bicyclic) bond motifs is 2. The molecule has 2 aromatic carbocycles. The van der Waals surface area contributed by atoms with Gasteiger partial charge in [-0.05, 0) is 62.9 Å². The minimum Gasteiger partial charge on any atom is -0.456 e. The van der Waals surface area contributed by atoms with Crippen LogP contribution in [0.3, 0.4) is 0 Å². The van der Waals surface area contributed by atoms with Gasteiger partial charge in [0.25, 0.3) is 10.1 Å². The molecule has 0 aromatic heterocycles. The highest BCUT2D eigenvalue weighted by Gasteiger charge is 2.26. The van der Waals surface area contributed by atoms with E-state index in [2.05, 4.69) is 37.2 Å². The molecule has 1 heterocycles. The zero-order valence-electron chi connectivity index (χ0n) is 23.5. The van der Waals surface area contributed by atoms with Gasteiger partial charge in [-0.25, -0.2) is 4.58 Å². The molecule has 4 rings (SSSR count). The third-order valence-electron chi connectivity index (χ3n) is 7.34. The van der Waals surface area contributed by atoms with Crippen LogP contribution < -0.4 is 14.8 Å². The van der Waals surface area contributed by atoms with E-state index in [1.165, 1.54) is 0 Å². The maximum Gasteiger partial charge on any atom is 0.295 e. The van der Waals surface area contributed by atoms with Crippen molar-refractivity contribution in [3.63, 3.8) is 0 Å². The van der Waals surface area contributed by atoms with Gasteiger partial charge in [0.1, 0.15) is 29.3 Å². The van der Waals surface area contributed by atoms with Crippen LogP contribution in [0.5, 0.6) is 0 Å². The SMILES string of the molecule is CCN(CC)c1ccc2c(-c3ccc(C(C)(C)C)cc3S(=O)(=O)O)c3ccc(=[N+](CC)CC)cc-3oc2c1. The minimum atomic E-state index is -4.51. The van der Waals surface area contributed by atoms with E-state index >= 15 is 0 Å². The van der Waals surface area contributed by atoms with Gasteiger partial charge in [-0.3, -0.25) is 4.55 Å². The fourth-order valence-corrected chi connectivity index (χ4v) is 5.86. The van der Waals surface area contributed by atoms with E-state index in [1.54, 1.807) is 6.07 Å². The van der Waals surface area contributed by atoms with Crippen LogP contribution in [0.1, 0.15) is 54.0 Å². The average molecular weight is 536 g/mol. The van der Waals surface area contributed by atoms with Gasteiger partial charge in [-0.15, -0.1) is 0 Å². The summed E-state index contributed by atoms with van der Waals surface area (Å²) in [5, 5.41) is 1.83. The average Bonchev–Trinajstić information content (AvgIpc) is 2.87. The predicted octanol–water partition coefficient (Wildman–Crippen LogP) is 6.41. The Bertz CT molecular complexity index is 1620. The monoisotopic (exact) mass is 535 g/mol. The molecule has 2 aromatic rings. The largest absolute Gasteiger partial charge is 0.456 e. The van der Waals surface area contributed by atoms with Crippen molar-refractivity contribution in [2.24, 2.45) is 0 Å². The zero-order valence-corrected chi connectivity index (χ0v) is 24.3. The molecule has 0 spiro atoms. The highest BCUT2D eigenvalue weighted by Crippen LogP contribution is 2.43. The van der Waals surface area contributed by atoms with Gasteiger partial charge >= 0.3 is 0 Å². The van der Waals surface area contributed by atoms with Crippen molar-refractivity contribution in [3.05, 3.63) is 65.5 Å². The fourth-order valence-electron chi connectivity index (χ4n) is 5.14. The van der Waals surface area contributed by atoms with Crippen LogP contribution in [0, 0.1) is 0 Å². The van der Waals surface area contributed by atoms with E-state index in [0.717, 1.165) is 59.3 Å². The van der Waals surface area contributed by atoms with Crippen molar-refractivity contribution in [2.75, 3.05) is 31.1 Å². The maximum atomic E-state index is 12.7. The van der Waals surface area contributed by atoms with E-state index in [4.69, 9.17) is 4.42 Å². The second-order valence-electron chi connectivity index (χ2n) is 10.6. The predicted molar refractivity (Wildman–Crippen MR) is 157 cm³/mol. The first-order valence-electron chi connectivity index (χ1n) is 13.4. The molecule has 2 aliphatic rings. The van der Waals surface area contributed by atoms with Crippen LogP contribution in [0.15, 0.2) is 63.9 Å². The van der Waals surface area contributed by atoms with Crippen LogP contribution in [-0.2, 0) is 15.5 Å². The van der Waals surface area contributed by atoms with Crippen LogP contribution in [-0.4, -0.2) is 39.1 Å². The molecule has 202 valence electrons. The van der Waals surface area contributed by atoms with Gasteiger partial charge in [0, 0.05) is 53.0 Å². The Balaban J connectivity index is 2.17. The van der Waals surface area contributed by atoms with Crippen LogP contribution >= 0.6 is 0 Å². The summed E-state index contributed by atoms with van der Waals surface area (Å²) in [6.45, 7) is 17.9. The molecule has 0 saturated carbocycles. The lowest BCUT2D eigenvalue weighted by Crippen LogP contribution is -2.29. The van der Waals surface area contributed by atoms with Crippen molar-refractivity contribution in [3.8, 4) is 22.5 Å². The van der Waals surface area contributed by atoms with Gasteiger partial charge in [-0.2, -0.15) is 8.42 Å². The Morgan fingerprint density at radius 3 is 2.11 bits per heavy atom. The Labute approximate surface area is 226 Å². The number of anilines is 1. The summed E-state index contributed by atoms with van der Waals surface area (Å²) in [5.41, 5.74) is 4.22. The standard InChI is InChI=1S/C31H38N2O4S/c1-8-32(9-2)22-13-16-24-27(19-22)37-28-20-23(33(10-3)11-4)14-17-25(28)30(24)26-15-12-21(31(5,6)7)18-29(26)38(34,35)36/h12-20H,8-11H2,1-7H3/p+1. The topological polar surface area (TPSA) is 73.8 Å². The summed E-state index contributed by atoms with van der Waals surface area (Å²) in [6.07, 6.45) is 0. The highest BCUT2D eigenvalue weighted by atomic mass is 32.2. The van der Waals surface area contributed by atoms with Gasteiger partial charge < -0.3 is 9.32 Å². The van der Waals surface area contributed by atoms with Crippen LogP contribution in [0.4, 0.5) is 5.69 Å². The molecule has 0 unspecified atom stereocenters. The normalized spacial score (nSPS) is 12.3. The lowest BCUT2D eigenvalue weighted by molar-refractivity contribution is 0.483. The highest BCUT2D eigenvalue weighted by molar-refractivity contribution is 7.86. The van der Waals surface area contributed by atoms with E-state index in [-0.39, 0.29) is 10.3 Å². The third kappa shape index (κ3) is 5.22. The Hall–Kier alpha value is -3.16. The molecule has 0 fully saturated rings. The van der Waals surface area contributed by atoms with E-state index in [1.807, 2.05) is 69.3 Å². The number of rotatable bonds is 7. The van der Waals surface area contributed by atoms with E-state index in [0.29, 0.717) is 16.9 Å². The smallest absolute Gasteiger partial charge is 0.295 e. The molecule has 0 amide bonds. The Kier molecular flexibility index (Phi) is 7.73. The van der Waals surface area contributed by atoms with Crippen LogP contribution in [0.25, 0.3) is 33.4 Å². The summed E-state index contributed by atoms with van der Waals surface area (Å²) >= 11 is 0. The maximum absolute atomic E-state index is 12.7. The summed E-state index contributed by atoms with van der Waals surface area (Å²) in [5.74, 6) is 0.662. The zero-order chi connectivity index (χ0) is 27.8. The first kappa shape index (κ1) is 27.9. The number of nitrogens with zero attached hydrogens (tertiary/aromatic N) is 2. The molecule has 6 nitrogen and oxygen atoms in total. The number of hydrogen-bond acceptors (Lipinski definition) is 4. The van der Waals surface area contributed by atoms with Crippen molar-refractivity contribution >= 4 is 26.8 Å². The molecule has 0 radical (unpaired) electrons. The molecule has 38 heavy (non-hydrogen) atoms. The van der Waals surface area contributed by atoms with Crippen LogP contribution in [0.2, 0.25) is 0 Å². The summed E-state index contributed by atoms with van der Waals surface area (Å²) < 4.78 is 44.6. The van der Waals surface area contributed by atoms with Crippen molar-refractivity contribution < 1.29 is 17.4 Å². The molecule has 0 bridgehead atoms. The van der Waals surface area contributed by atoms with E-state index in [9.17, 15) is 13.0 Å². The number of benzene rings is 3. The molecular formula is C31H39N2O4S+. The minimum absolute atomic E-state index is 0.0978. The summed E-state index contributed by atoms with van der Waals surface area (Å²) in [7, 11) is -4.51.